The van der Waals surface area contributed by atoms with Crippen molar-refractivity contribution >= 4 is 52.0 Å². The van der Waals surface area contributed by atoms with Gasteiger partial charge in [0, 0.05) is 30.7 Å². The molecule has 236 valence electrons. The molecule has 0 aliphatic heterocycles. The average molecular weight is 622 g/mol. The summed E-state index contributed by atoms with van der Waals surface area (Å²) >= 11 is 0.908. The van der Waals surface area contributed by atoms with E-state index in [-0.39, 0.29) is 29.1 Å². The number of carbonyl (C=O) groups is 6. The van der Waals surface area contributed by atoms with E-state index in [4.69, 9.17) is 11.5 Å². The zero-order chi connectivity index (χ0) is 32.4. The quantitative estimate of drug-likeness (QED) is 0.126. The second kappa shape index (κ2) is 15.7. The molecular formula is C26H39N9O7S. The largest absolute Gasteiger partial charge is 0.480 e. The normalized spacial score (nSPS) is 14.6. The third-order valence-corrected chi connectivity index (χ3v) is 7.51. The summed E-state index contributed by atoms with van der Waals surface area (Å²) in [5.41, 5.74) is 11.6. The Labute approximate surface area is 252 Å². The van der Waals surface area contributed by atoms with Crippen molar-refractivity contribution in [1.82, 2.24) is 30.5 Å². The van der Waals surface area contributed by atoms with E-state index in [0.29, 0.717) is 12.1 Å². The second-order valence-corrected chi connectivity index (χ2v) is 11.3. The predicted octanol–water partition coefficient (Wildman–Crippen LogP) is -0.553. The number of H-pyrrole nitrogens is 1. The van der Waals surface area contributed by atoms with Crippen LogP contribution in [0.3, 0.4) is 0 Å². The summed E-state index contributed by atoms with van der Waals surface area (Å²) in [7, 11) is 1.46. The molecule has 2 aromatic rings. The fourth-order valence-electron chi connectivity index (χ4n) is 4.20. The third-order valence-electron chi connectivity index (χ3n) is 6.75. The van der Waals surface area contributed by atoms with Gasteiger partial charge in [-0.1, -0.05) is 34.1 Å². The summed E-state index contributed by atoms with van der Waals surface area (Å²) in [4.78, 5) is 86.9. The maximum Gasteiger partial charge on any atom is 0.326 e. The Morgan fingerprint density at radius 3 is 2.33 bits per heavy atom. The lowest BCUT2D eigenvalue weighted by Crippen LogP contribution is -2.58. The van der Waals surface area contributed by atoms with Crippen molar-refractivity contribution in [3.8, 4) is 0 Å². The number of carbonyl (C=O) groups excluding carboxylic acids is 5. The molecule has 43 heavy (non-hydrogen) atoms. The molecule has 0 fully saturated rings. The molecule has 0 aliphatic rings. The van der Waals surface area contributed by atoms with E-state index < -0.39 is 66.1 Å². The molecule has 2 unspecified atom stereocenters. The molecule has 9 N–H and O–H groups in total. The number of hydrogen-bond donors (Lipinski definition) is 7. The van der Waals surface area contributed by atoms with Gasteiger partial charge in [-0.3, -0.25) is 24.0 Å². The summed E-state index contributed by atoms with van der Waals surface area (Å²) in [5, 5.41) is 18.0. The Hall–Kier alpha value is -4.38. The van der Waals surface area contributed by atoms with Crippen molar-refractivity contribution in [2.75, 3.05) is 12.4 Å². The molecule has 0 spiro atoms. The minimum Gasteiger partial charge on any atom is -0.480 e. The van der Waals surface area contributed by atoms with Crippen LogP contribution >= 0.6 is 11.3 Å². The van der Waals surface area contributed by atoms with Crippen LogP contribution in [0.5, 0.6) is 0 Å². The van der Waals surface area contributed by atoms with Crippen molar-refractivity contribution in [2.45, 2.75) is 71.1 Å². The van der Waals surface area contributed by atoms with Gasteiger partial charge in [-0.25, -0.2) is 14.8 Å². The fourth-order valence-corrected chi connectivity index (χ4v) is 4.89. The number of thiazole rings is 1. The number of carboxylic acid groups (broad SMARTS) is 1. The number of amides is 5. The topological polar surface area (TPSA) is 256 Å². The highest BCUT2D eigenvalue weighted by Gasteiger charge is 2.37. The molecule has 0 saturated heterocycles. The second-order valence-electron chi connectivity index (χ2n) is 10.5. The summed E-state index contributed by atoms with van der Waals surface area (Å²) in [5.74, 6) is -5.48. The van der Waals surface area contributed by atoms with Gasteiger partial charge in [-0.05, 0) is 11.8 Å². The number of aliphatic carboxylic acids is 1. The number of anilines is 1. The van der Waals surface area contributed by atoms with Crippen LogP contribution in [0.2, 0.25) is 0 Å². The molecule has 0 aliphatic carbocycles. The number of imidazole rings is 1. The predicted molar refractivity (Wildman–Crippen MR) is 156 cm³/mol. The number of primary amides is 1. The van der Waals surface area contributed by atoms with Gasteiger partial charge in [-0.2, -0.15) is 0 Å². The van der Waals surface area contributed by atoms with Gasteiger partial charge in [0.25, 0.3) is 5.91 Å². The van der Waals surface area contributed by atoms with Gasteiger partial charge in [0.15, 0.2) is 5.13 Å². The standard InChI is InChI=1S/C26H39N9O7S/c1-6-13(4)19(33-21(37)15(27)7-14-9-29-11-30-14)24(40)35(5)20(12(2)3)23(39)34-26-32-17(10-43-26)22(38)31-16(25(41)42)8-18(28)36/h9-13,15-16,19-20H,6-8,27H2,1-5H3,(H2,28,36)(H,29,30)(H,31,38)(H,33,37)(H,41,42)(H,32,34,39)/t13?,15?,16-,19-,20-/m0/s1. The number of aromatic amines is 1. The molecule has 0 aromatic carbocycles. The first-order valence-corrected chi connectivity index (χ1v) is 14.4. The maximum absolute atomic E-state index is 13.7. The van der Waals surface area contributed by atoms with Crippen LogP contribution in [0.15, 0.2) is 17.9 Å². The molecule has 17 heteroatoms. The maximum atomic E-state index is 13.7. The Bertz CT molecular complexity index is 1300. The Morgan fingerprint density at radius 1 is 1.12 bits per heavy atom. The average Bonchev–Trinajstić information content (AvgIpc) is 3.62. The fraction of sp³-hybridized carbons (Fsp3) is 0.538. The monoisotopic (exact) mass is 621 g/mol. The molecule has 2 rings (SSSR count). The number of aromatic nitrogens is 3. The first-order valence-electron chi connectivity index (χ1n) is 13.5. The van der Waals surface area contributed by atoms with Crippen molar-refractivity contribution in [3.63, 3.8) is 0 Å². The smallest absolute Gasteiger partial charge is 0.326 e. The van der Waals surface area contributed by atoms with E-state index in [1.54, 1.807) is 20.0 Å². The minimum atomic E-state index is -1.55. The highest BCUT2D eigenvalue weighted by atomic mass is 32.1. The number of nitrogens with two attached hydrogens (primary N) is 2. The molecule has 0 saturated carbocycles. The molecule has 2 aromatic heterocycles. The SMILES string of the molecule is CCC(C)[C@H](NC(=O)C(N)Cc1cnc[nH]1)C(=O)N(C)[C@H](C(=O)Nc1nc(C(=O)N[C@@H](CC(N)=O)C(=O)O)cs1)C(C)C. The number of carboxylic acids is 1. The highest BCUT2D eigenvalue weighted by Crippen LogP contribution is 2.20. The number of rotatable bonds is 16. The van der Waals surface area contributed by atoms with Crippen LogP contribution in [0, 0.1) is 11.8 Å². The van der Waals surface area contributed by atoms with E-state index in [1.807, 2.05) is 13.8 Å². The summed E-state index contributed by atoms with van der Waals surface area (Å²) in [6.45, 7) is 7.17. The third kappa shape index (κ3) is 9.85. The number of nitrogens with zero attached hydrogens (tertiary/aromatic N) is 3. The van der Waals surface area contributed by atoms with Crippen LogP contribution in [0.25, 0.3) is 0 Å². The molecule has 5 amide bonds. The Balaban J connectivity index is 2.15. The summed E-state index contributed by atoms with van der Waals surface area (Å²) < 4.78 is 0. The minimum absolute atomic E-state index is 0.0278. The number of hydrogen-bond acceptors (Lipinski definition) is 10. The van der Waals surface area contributed by atoms with E-state index >= 15 is 0 Å². The van der Waals surface area contributed by atoms with Crippen LogP contribution in [0.1, 0.15) is 56.7 Å². The van der Waals surface area contributed by atoms with Gasteiger partial charge >= 0.3 is 5.97 Å². The van der Waals surface area contributed by atoms with Crippen LogP contribution in [-0.4, -0.2) is 91.7 Å². The molecule has 2 heterocycles. The van der Waals surface area contributed by atoms with E-state index in [0.717, 1.165) is 11.3 Å². The number of likely N-dealkylation sites (N-methyl/N-ethyl adjacent to an activating group) is 1. The van der Waals surface area contributed by atoms with E-state index in [9.17, 15) is 33.9 Å². The lowest BCUT2D eigenvalue weighted by atomic mass is 9.95. The van der Waals surface area contributed by atoms with Crippen LogP contribution < -0.4 is 27.4 Å². The molecular weight excluding hydrogens is 582 g/mol. The zero-order valence-electron chi connectivity index (χ0n) is 24.6. The lowest BCUT2D eigenvalue weighted by Gasteiger charge is -2.34. The first kappa shape index (κ1) is 34.8. The Kier molecular flexibility index (Phi) is 12.7. The van der Waals surface area contributed by atoms with Crippen molar-refractivity contribution in [2.24, 2.45) is 23.3 Å². The number of nitrogens with one attached hydrogen (secondary N) is 4. The first-order chi connectivity index (χ1) is 20.2. The molecule has 0 radical (unpaired) electrons. The molecule has 0 bridgehead atoms. The van der Waals surface area contributed by atoms with Gasteiger partial charge < -0.3 is 42.4 Å². The lowest BCUT2D eigenvalue weighted by molar-refractivity contribution is -0.143. The van der Waals surface area contributed by atoms with Gasteiger partial charge in [0.2, 0.25) is 23.6 Å². The summed E-state index contributed by atoms with van der Waals surface area (Å²) in [6.07, 6.45) is 3.17. The van der Waals surface area contributed by atoms with E-state index in [1.165, 1.54) is 23.7 Å². The van der Waals surface area contributed by atoms with Crippen molar-refractivity contribution < 1.29 is 33.9 Å². The van der Waals surface area contributed by atoms with Gasteiger partial charge in [-0.15, -0.1) is 11.3 Å². The van der Waals surface area contributed by atoms with Crippen molar-refractivity contribution in [1.29, 1.82) is 0 Å². The summed E-state index contributed by atoms with van der Waals surface area (Å²) in [6, 6.07) is -4.43. The van der Waals surface area contributed by atoms with Gasteiger partial charge in [0.1, 0.15) is 23.8 Å². The molecule has 5 atom stereocenters. The van der Waals surface area contributed by atoms with Gasteiger partial charge in [0.05, 0.1) is 18.8 Å². The molecule has 16 nitrogen and oxygen atoms in total. The van der Waals surface area contributed by atoms with Crippen molar-refractivity contribution in [3.05, 3.63) is 29.3 Å². The Morgan fingerprint density at radius 2 is 1.79 bits per heavy atom. The highest BCUT2D eigenvalue weighted by molar-refractivity contribution is 7.14. The van der Waals surface area contributed by atoms with E-state index in [2.05, 4.69) is 30.9 Å². The van der Waals surface area contributed by atoms with Crippen LogP contribution in [-0.2, 0) is 30.4 Å². The zero-order valence-corrected chi connectivity index (χ0v) is 25.4. The van der Waals surface area contributed by atoms with Crippen LogP contribution in [0.4, 0.5) is 5.13 Å².